The number of esters is 1. The summed E-state index contributed by atoms with van der Waals surface area (Å²) < 4.78 is 10.00. The zero-order valence-corrected chi connectivity index (χ0v) is 8.56. The third-order valence-corrected chi connectivity index (χ3v) is 2.29. The fourth-order valence-electron chi connectivity index (χ4n) is 1.74. The van der Waals surface area contributed by atoms with Gasteiger partial charge in [-0.3, -0.25) is 4.79 Å². The molecule has 5 heteroatoms. The highest BCUT2D eigenvalue weighted by molar-refractivity contribution is 5.66. The lowest BCUT2D eigenvalue weighted by molar-refractivity contribution is -0.263. The van der Waals surface area contributed by atoms with Crippen molar-refractivity contribution in [3.63, 3.8) is 0 Å². The van der Waals surface area contributed by atoms with Crippen LogP contribution in [-0.4, -0.2) is 40.3 Å². The van der Waals surface area contributed by atoms with Crippen molar-refractivity contribution >= 4 is 5.97 Å². The van der Waals surface area contributed by atoms with Crippen molar-refractivity contribution in [1.29, 1.82) is 0 Å². The molecule has 0 radical (unpaired) electrons. The summed E-state index contributed by atoms with van der Waals surface area (Å²) in [4.78, 5) is 10.8. The topological polar surface area (TPSA) is 76.0 Å². The smallest absolute Gasteiger partial charge is 0.303 e. The molecule has 0 aliphatic carbocycles. The van der Waals surface area contributed by atoms with E-state index in [1.807, 2.05) is 0 Å². The number of hydrogen-bond acceptors (Lipinski definition) is 5. The first kappa shape index (κ1) is 11.4. The first-order valence-electron chi connectivity index (χ1n) is 4.56. The molecule has 82 valence electrons. The highest BCUT2D eigenvalue weighted by Gasteiger charge is 2.45. The number of carbonyl (C=O) groups excluding carboxylic acids is 1. The summed E-state index contributed by atoms with van der Waals surface area (Å²) in [6.07, 6.45) is -2.22. The lowest BCUT2D eigenvalue weighted by atomic mass is 9.89. The van der Waals surface area contributed by atoms with Gasteiger partial charge >= 0.3 is 5.97 Å². The van der Waals surface area contributed by atoms with E-state index < -0.39 is 30.1 Å². The average molecular weight is 204 g/mol. The molecule has 0 bridgehead atoms. The third-order valence-electron chi connectivity index (χ3n) is 2.29. The van der Waals surface area contributed by atoms with Gasteiger partial charge in [0.05, 0.1) is 6.10 Å². The van der Waals surface area contributed by atoms with E-state index in [4.69, 9.17) is 9.47 Å². The van der Waals surface area contributed by atoms with Crippen molar-refractivity contribution in [1.82, 2.24) is 0 Å². The molecule has 5 nitrogen and oxygen atoms in total. The minimum Gasteiger partial charge on any atom is -0.457 e. The molecule has 14 heavy (non-hydrogen) atoms. The molecule has 0 aromatic carbocycles. The minimum atomic E-state index is -1.25. The lowest BCUT2D eigenvalue weighted by Gasteiger charge is -2.42. The maximum absolute atomic E-state index is 10.8. The van der Waals surface area contributed by atoms with Crippen LogP contribution in [0.25, 0.3) is 0 Å². The van der Waals surface area contributed by atoms with Crippen LogP contribution in [0.2, 0.25) is 0 Å². The highest BCUT2D eigenvalue weighted by Crippen LogP contribution is 2.30. The van der Waals surface area contributed by atoms with Gasteiger partial charge in [0.2, 0.25) is 0 Å². The second-order valence-corrected chi connectivity index (χ2v) is 3.89. The van der Waals surface area contributed by atoms with E-state index in [1.165, 1.54) is 13.8 Å². The van der Waals surface area contributed by atoms with E-state index in [0.29, 0.717) is 0 Å². The van der Waals surface area contributed by atoms with Crippen LogP contribution >= 0.6 is 0 Å². The van der Waals surface area contributed by atoms with E-state index >= 15 is 0 Å². The van der Waals surface area contributed by atoms with Gasteiger partial charge in [0.25, 0.3) is 0 Å². The Morgan fingerprint density at radius 2 is 2.21 bits per heavy atom. The van der Waals surface area contributed by atoms with Crippen LogP contribution in [0.5, 0.6) is 0 Å². The Balaban J connectivity index is 2.74. The maximum atomic E-state index is 10.8. The molecule has 1 saturated heterocycles. The molecule has 1 rings (SSSR count). The van der Waals surface area contributed by atoms with E-state index in [1.54, 1.807) is 6.92 Å². The van der Waals surface area contributed by atoms with Crippen molar-refractivity contribution in [3.8, 4) is 0 Å². The molecule has 0 saturated carbocycles. The summed E-state index contributed by atoms with van der Waals surface area (Å²) in [5, 5.41) is 19.2. The van der Waals surface area contributed by atoms with Gasteiger partial charge in [-0.1, -0.05) is 0 Å². The standard InChI is InChI=1S/C9H16O5/c1-5-8(14-6(2)10)9(3,12)4-7(11)13-5/h5,7-8,11-12H,4H2,1-3H3/t5-,7-,8-,9-/m0/s1. The summed E-state index contributed by atoms with van der Waals surface area (Å²) in [7, 11) is 0. The van der Waals surface area contributed by atoms with Crippen LogP contribution in [-0.2, 0) is 14.3 Å². The Bertz CT molecular complexity index is 225. The number of aliphatic hydroxyl groups is 2. The van der Waals surface area contributed by atoms with Crippen molar-refractivity contribution in [3.05, 3.63) is 0 Å². The molecular weight excluding hydrogens is 188 g/mol. The normalized spacial score (nSPS) is 43.4. The van der Waals surface area contributed by atoms with Crippen LogP contribution < -0.4 is 0 Å². The van der Waals surface area contributed by atoms with Crippen molar-refractivity contribution in [2.24, 2.45) is 0 Å². The Labute approximate surface area is 82.6 Å². The van der Waals surface area contributed by atoms with Crippen LogP contribution in [0.15, 0.2) is 0 Å². The van der Waals surface area contributed by atoms with Gasteiger partial charge < -0.3 is 19.7 Å². The molecular formula is C9H16O5. The van der Waals surface area contributed by atoms with Crippen LogP contribution in [0.3, 0.4) is 0 Å². The van der Waals surface area contributed by atoms with Gasteiger partial charge in [-0.05, 0) is 13.8 Å². The molecule has 0 amide bonds. The predicted molar refractivity (Wildman–Crippen MR) is 47.3 cm³/mol. The number of aliphatic hydroxyl groups excluding tert-OH is 1. The second kappa shape index (κ2) is 3.84. The predicted octanol–water partition coefficient (Wildman–Crippen LogP) is -0.204. The Hall–Kier alpha value is -0.650. The molecule has 0 unspecified atom stereocenters. The SMILES string of the molecule is CC(=O)O[C@H]1[C@H](C)O[C@H](O)C[C@]1(C)O. The fraction of sp³-hybridized carbons (Fsp3) is 0.889. The lowest BCUT2D eigenvalue weighted by Crippen LogP contribution is -2.56. The van der Waals surface area contributed by atoms with E-state index in [-0.39, 0.29) is 6.42 Å². The highest BCUT2D eigenvalue weighted by atomic mass is 16.6. The van der Waals surface area contributed by atoms with Gasteiger partial charge in [0.15, 0.2) is 12.4 Å². The minimum absolute atomic E-state index is 0.0370. The fourth-order valence-corrected chi connectivity index (χ4v) is 1.74. The molecule has 0 spiro atoms. The zero-order chi connectivity index (χ0) is 10.9. The quantitative estimate of drug-likeness (QED) is 0.578. The molecule has 1 aliphatic rings. The van der Waals surface area contributed by atoms with Crippen molar-refractivity contribution in [2.45, 2.75) is 51.3 Å². The van der Waals surface area contributed by atoms with Gasteiger partial charge in [0, 0.05) is 13.3 Å². The van der Waals surface area contributed by atoms with Gasteiger partial charge in [-0.15, -0.1) is 0 Å². The largest absolute Gasteiger partial charge is 0.457 e. The van der Waals surface area contributed by atoms with E-state index in [9.17, 15) is 15.0 Å². The summed E-state index contributed by atoms with van der Waals surface area (Å²) in [6.45, 7) is 4.43. The summed E-state index contributed by atoms with van der Waals surface area (Å²) in [6, 6.07) is 0. The van der Waals surface area contributed by atoms with Crippen molar-refractivity contribution in [2.75, 3.05) is 0 Å². The molecule has 0 aromatic rings. The molecule has 1 heterocycles. The Kier molecular flexibility index (Phi) is 3.14. The van der Waals surface area contributed by atoms with Gasteiger partial charge in [-0.2, -0.15) is 0 Å². The first-order valence-corrected chi connectivity index (χ1v) is 4.56. The summed E-state index contributed by atoms with van der Waals surface area (Å²) in [5.41, 5.74) is -1.25. The number of ether oxygens (including phenoxy) is 2. The second-order valence-electron chi connectivity index (χ2n) is 3.89. The third kappa shape index (κ3) is 2.43. The van der Waals surface area contributed by atoms with Crippen LogP contribution in [0.4, 0.5) is 0 Å². The molecule has 0 aromatic heterocycles. The molecule has 1 aliphatic heterocycles. The van der Waals surface area contributed by atoms with Gasteiger partial charge in [0.1, 0.15) is 5.60 Å². The first-order chi connectivity index (χ1) is 6.33. The van der Waals surface area contributed by atoms with Crippen LogP contribution in [0, 0.1) is 0 Å². The Morgan fingerprint density at radius 1 is 1.64 bits per heavy atom. The van der Waals surface area contributed by atoms with E-state index in [0.717, 1.165) is 0 Å². The van der Waals surface area contributed by atoms with Crippen LogP contribution in [0.1, 0.15) is 27.2 Å². The van der Waals surface area contributed by atoms with Gasteiger partial charge in [-0.25, -0.2) is 0 Å². The molecule has 1 fully saturated rings. The maximum Gasteiger partial charge on any atom is 0.303 e. The molecule has 2 N–H and O–H groups in total. The monoisotopic (exact) mass is 204 g/mol. The summed E-state index contributed by atoms with van der Waals surface area (Å²) >= 11 is 0. The Morgan fingerprint density at radius 3 is 2.64 bits per heavy atom. The zero-order valence-electron chi connectivity index (χ0n) is 8.56. The number of rotatable bonds is 1. The summed E-state index contributed by atoms with van der Waals surface area (Å²) in [5.74, 6) is -0.470. The van der Waals surface area contributed by atoms with Crippen molar-refractivity contribution < 1.29 is 24.5 Å². The number of hydrogen-bond donors (Lipinski definition) is 2. The number of carbonyl (C=O) groups is 1. The average Bonchev–Trinajstić information content (AvgIpc) is 1.95. The molecule has 4 atom stereocenters. The van der Waals surface area contributed by atoms with E-state index in [2.05, 4.69) is 0 Å².